The Morgan fingerprint density at radius 1 is 0.976 bits per heavy atom. The van der Waals surface area contributed by atoms with Gasteiger partial charge in [0.05, 0.1) is 0 Å². The van der Waals surface area contributed by atoms with Gasteiger partial charge in [-0.05, 0) is 82.8 Å². The minimum absolute atomic E-state index is 0.0454. The quantitative estimate of drug-likeness (QED) is 0.294. The Morgan fingerprint density at radius 3 is 2.37 bits per heavy atom. The van der Waals surface area contributed by atoms with Crippen molar-refractivity contribution in [1.29, 1.82) is 0 Å². The molecule has 4 rings (SSSR count). The molecule has 0 spiro atoms. The fourth-order valence-corrected chi connectivity index (χ4v) is 5.86. The largest absolute Gasteiger partial charge is 0.489 e. The van der Waals surface area contributed by atoms with E-state index in [-0.39, 0.29) is 6.04 Å². The molecule has 224 valence electrons. The second-order valence-corrected chi connectivity index (χ2v) is 12.8. The maximum absolute atomic E-state index is 14.0. The Balaban J connectivity index is 1.44. The van der Waals surface area contributed by atoms with Crippen LogP contribution in [0.3, 0.4) is 0 Å². The lowest BCUT2D eigenvalue weighted by molar-refractivity contribution is -0.139. The van der Waals surface area contributed by atoms with Crippen molar-refractivity contribution < 1.29 is 9.53 Å². The van der Waals surface area contributed by atoms with Crippen LogP contribution in [0.2, 0.25) is 0 Å². The molecule has 2 unspecified atom stereocenters. The van der Waals surface area contributed by atoms with E-state index in [4.69, 9.17) is 4.74 Å². The van der Waals surface area contributed by atoms with Crippen molar-refractivity contribution in [2.45, 2.75) is 79.1 Å². The first kappa shape index (κ1) is 31.1. The Labute approximate surface area is 248 Å². The second-order valence-electron chi connectivity index (χ2n) is 12.8. The van der Waals surface area contributed by atoms with Gasteiger partial charge in [-0.2, -0.15) is 0 Å². The maximum Gasteiger partial charge on any atom is 0.241 e. The summed E-state index contributed by atoms with van der Waals surface area (Å²) in [5, 5.41) is 0. The van der Waals surface area contributed by atoms with Gasteiger partial charge in [0.15, 0.2) is 0 Å². The number of hydrogen-bond donors (Lipinski definition) is 0. The minimum Gasteiger partial charge on any atom is -0.489 e. The number of piperazine rings is 1. The number of rotatable bonds is 12. The zero-order chi connectivity index (χ0) is 29.4. The number of allylic oxidation sites excluding steroid dienone is 1. The first-order valence-corrected chi connectivity index (χ1v) is 15.6. The smallest absolute Gasteiger partial charge is 0.241 e. The normalized spacial score (nSPS) is 20.0. The summed E-state index contributed by atoms with van der Waals surface area (Å²) in [6.45, 7) is 20.2. The average molecular weight is 561 g/mol. The van der Waals surface area contributed by atoms with Gasteiger partial charge in [-0.3, -0.25) is 14.6 Å². The first-order valence-electron chi connectivity index (χ1n) is 15.6. The molecule has 2 heterocycles. The summed E-state index contributed by atoms with van der Waals surface area (Å²) in [5.74, 6) is 1.83. The van der Waals surface area contributed by atoms with Crippen LogP contribution in [0.5, 0.6) is 5.75 Å². The molecule has 1 amide bonds. The van der Waals surface area contributed by atoms with Crippen LogP contribution in [-0.4, -0.2) is 84.5 Å². The fourth-order valence-electron chi connectivity index (χ4n) is 5.86. The van der Waals surface area contributed by atoms with E-state index >= 15 is 0 Å². The Morgan fingerprint density at radius 2 is 1.71 bits per heavy atom. The summed E-state index contributed by atoms with van der Waals surface area (Å²) in [4.78, 5) is 23.6. The topological polar surface area (TPSA) is 39.3 Å². The standard InChI is InChI=1S/C35H52N4O2/c1-27(2)16-19-36-22-23-37(29(5)6)25-34(36)35(40)38-20-18-32(24-38)39(21-17-28(3)4)31-12-14-33(15-13-31)41-26-30-10-8-7-9-11-30/h7-15,17,27,29,32,34H,16,18-26H2,1-6H3. The van der Waals surface area contributed by atoms with Gasteiger partial charge >= 0.3 is 0 Å². The summed E-state index contributed by atoms with van der Waals surface area (Å²) in [7, 11) is 0. The summed E-state index contributed by atoms with van der Waals surface area (Å²) in [6, 6.07) is 19.4. The van der Waals surface area contributed by atoms with Gasteiger partial charge in [0.1, 0.15) is 18.4 Å². The van der Waals surface area contributed by atoms with E-state index in [1.807, 2.05) is 18.2 Å². The van der Waals surface area contributed by atoms with Crippen molar-refractivity contribution in [2.75, 3.05) is 50.7 Å². The van der Waals surface area contributed by atoms with Gasteiger partial charge in [-0.1, -0.05) is 55.8 Å². The van der Waals surface area contributed by atoms with E-state index in [1.165, 1.54) is 11.3 Å². The third-order valence-electron chi connectivity index (χ3n) is 8.56. The van der Waals surface area contributed by atoms with Crippen molar-refractivity contribution in [2.24, 2.45) is 5.92 Å². The molecule has 0 bridgehead atoms. The molecule has 41 heavy (non-hydrogen) atoms. The summed E-state index contributed by atoms with van der Waals surface area (Å²) in [5.41, 5.74) is 3.64. The minimum atomic E-state index is -0.0454. The molecule has 0 saturated carbocycles. The average Bonchev–Trinajstić information content (AvgIpc) is 3.45. The van der Waals surface area contributed by atoms with Crippen LogP contribution in [-0.2, 0) is 11.4 Å². The van der Waals surface area contributed by atoms with E-state index in [9.17, 15) is 4.79 Å². The molecule has 6 heteroatoms. The van der Waals surface area contributed by atoms with Crippen LogP contribution < -0.4 is 9.64 Å². The number of nitrogens with zero attached hydrogens (tertiary/aromatic N) is 4. The van der Waals surface area contributed by atoms with Crippen LogP contribution in [0, 0.1) is 5.92 Å². The Bertz CT molecular complexity index is 1110. The van der Waals surface area contributed by atoms with Gasteiger partial charge in [0, 0.05) is 57.0 Å². The number of carbonyl (C=O) groups excluding carboxylic acids is 1. The van der Waals surface area contributed by atoms with E-state index in [1.54, 1.807) is 0 Å². The van der Waals surface area contributed by atoms with E-state index in [0.717, 1.165) is 70.0 Å². The third-order valence-corrected chi connectivity index (χ3v) is 8.56. The van der Waals surface area contributed by atoms with Crippen LogP contribution in [0.25, 0.3) is 0 Å². The van der Waals surface area contributed by atoms with E-state index < -0.39 is 0 Å². The summed E-state index contributed by atoms with van der Waals surface area (Å²) >= 11 is 0. The molecule has 2 fully saturated rings. The number of carbonyl (C=O) groups is 1. The van der Waals surface area contributed by atoms with Gasteiger partial charge in [0.2, 0.25) is 5.91 Å². The van der Waals surface area contributed by atoms with E-state index in [0.29, 0.717) is 30.5 Å². The monoisotopic (exact) mass is 560 g/mol. The molecule has 6 nitrogen and oxygen atoms in total. The van der Waals surface area contributed by atoms with Gasteiger partial charge in [-0.25, -0.2) is 0 Å². The van der Waals surface area contributed by atoms with Gasteiger partial charge < -0.3 is 14.5 Å². The molecule has 2 aliphatic rings. The molecule has 0 N–H and O–H groups in total. The third kappa shape index (κ3) is 8.83. The zero-order valence-corrected chi connectivity index (χ0v) is 26.3. The SMILES string of the molecule is CC(C)=CCN(c1ccc(OCc2ccccc2)cc1)C1CCN(C(=O)C2CN(C(C)C)CCN2CCC(C)C)C1. The van der Waals surface area contributed by atoms with Gasteiger partial charge in [-0.15, -0.1) is 0 Å². The van der Waals surface area contributed by atoms with Crippen molar-refractivity contribution in [3.05, 3.63) is 71.8 Å². The molecule has 2 aromatic carbocycles. The molecule has 0 aliphatic carbocycles. The van der Waals surface area contributed by atoms with Crippen LogP contribution in [0.4, 0.5) is 5.69 Å². The second kappa shape index (κ2) is 14.9. The predicted octanol–water partition coefficient (Wildman–Crippen LogP) is 6.08. The lowest BCUT2D eigenvalue weighted by Crippen LogP contribution is -2.60. The molecular weight excluding hydrogens is 508 g/mol. The Hall–Kier alpha value is -2.83. The highest BCUT2D eigenvalue weighted by Crippen LogP contribution is 2.27. The maximum atomic E-state index is 14.0. The lowest BCUT2D eigenvalue weighted by atomic mass is 10.1. The van der Waals surface area contributed by atoms with Crippen molar-refractivity contribution in [3.8, 4) is 5.75 Å². The molecule has 2 atom stereocenters. The number of likely N-dealkylation sites (tertiary alicyclic amines) is 1. The zero-order valence-electron chi connectivity index (χ0n) is 26.3. The van der Waals surface area contributed by atoms with Gasteiger partial charge in [0.25, 0.3) is 0 Å². The number of ether oxygens (including phenoxy) is 1. The van der Waals surface area contributed by atoms with Crippen molar-refractivity contribution in [3.63, 3.8) is 0 Å². The summed E-state index contributed by atoms with van der Waals surface area (Å²) < 4.78 is 6.04. The predicted molar refractivity (Wildman–Crippen MR) is 171 cm³/mol. The molecule has 2 aliphatic heterocycles. The van der Waals surface area contributed by atoms with Crippen LogP contribution in [0.1, 0.15) is 59.9 Å². The van der Waals surface area contributed by atoms with Crippen LogP contribution in [0.15, 0.2) is 66.2 Å². The Kier molecular flexibility index (Phi) is 11.3. The molecular formula is C35H52N4O2. The molecule has 2 saturated heterocycles. The van der Waals surface area contributed by atoms with E-state index in [2.05, 4.69) is 104 Å². The highest BCUT2D eigenvalue weighted by Gasteiger charge is 2.39. The number of benzene rings is 2. The molecule has 0 aromatic heterocycles. The fraction of sp³-hybridized carbons (Fsp3) is 0.571. The summed E-state index contributed by atoms with van der Waals surface area (Å²) in [6.07, 6.45) is 4.41. The number of anilines is 1. The number of hydrogen-bond acceptors (Lipinski definition) is 5. The van der Waals surface area contributed by atoms with Crippen molar-refractivity contribution >= 4 is 11.6 Å². The highest BCUT2D eigenvalue weighted by molar-refractivity contribution is 5.82. The van der Waals surface area contributed by atoms with Crippen LogP contribution >= 0.6 is 0 Å². The lowest BCUT2D eigenvalue weighted by Gasteiger charge is -2.43. The first-order chi connectivity index (χ1) is 19.7. The van der Waals surface area contributed by atoms with Crippen molar-refractivity contribution in [1.82, 2.24) is 14.7 Å². The molecule has 0 radical (unpaired) electrons. The molecule has 2 aromatic rings. The highest BCUT2D eigenvalue weighted by atomic mass is 16.5. The number of amides is 1.